The monoisotopic (exact) mass is 496 g/mol. The van der Waals surface area contributed by atoms with Gasteiger partial charge in [-0.2, -0.15) is 9.78 Å². The van der Waals surface area contributed by atoms with Crippen LogP contribution >= 0.6 is 11.6 Å². The number of rotatable bonds is 6. The molecule has 1 fully saturated rings. The van der Waals surface area contributed by atoms with Gasteiger partial charge in [-0.1, -0.05) is 63.8 Å². The van der Waals surface area contributed by atoms with E-state index < -0.39 is 4.92 Å². The van der Waals surface area contributed by atoms with E-state index in [2.05, 4.69) is 5.10 Å². The van der Waals surface area contributed by atoms with Gasteiger partial charge in [-0.3, -0.25) is 14.9 Å². The van der Waals surface area contributed by atoms with Crippen molar-refractivity contribution in [2.75, 3.05) is 6.61 Å². The molecule has 8 nitrogen and oxygen atoms in total. The van der Waals surface area contributed by atoms with Gasteiger partial charge in [0.25, 0.3) is 5.56 Å². The van der Waals surface area contributed by atoms with Crippen molar-refractivity contribution >= 4 is 34.4 Å². The second kappa shape index (κ2) is 10.2. The molecule has 0 spiro atoms. The Hall–Kier alpha value is -3.26. The molecule has 35 heavy (non-hydrogen) atoms. The predicted octanol–water partition coefficient (Wildman–Crippen LogP) is 6.31. The lowest BCUT2D eigenvalue weighted by Crippen LogP contribution is -2.25. The van der Waals surface area contributed by atoms with Gasteiger partial charge in [-0.25, -0.2) is 4.98 Å². The van der Waals surface area contributed by atoms with Crippen LogP contribution in [0.1, 0.15) is 70.2 Å². The van der Waals surface area contributed by atoms with E-state index in [1.807, 2.05) is 32.9 Å². The first-order valence-corrected chi connectivity index (χ1v) is 12.2. The summed E-state index contributed by atoms with van der Waals surface area (Å²) in [5.41, 5.74) is 0.317. The molecule has 0 N–H and O–H groups in total. The van der Waals surface area contributed by atoms with Crippen LogP contribution in [-0.2, 0) is 0 Å². The zero-order valence-electron chi connectivity index (χ0n) is 20.2. The Morgan fingerprint density at radius 1 is 1.23 bits per heavy atom. The van der Waals surface area contributed by atoms with Gasteiger partial charge in [0, 0.05) is 17.5 Å². The van der Waals surface area contributed by atoms with Crippen LogP contribution in [0.15, 0.2) is 46.3 Å². The summed E-state index contributed by atoms with van der Waals surface area (Å²) in [6.45, 7) is 6.16. The Bertz CT molecular complexity index is 1340. The minimum absolute atomic E-state index is 0.0242. The standard InChI is InChI=1S/C26H29ClN4O4/c1-26(2,3)16-35-23-20(27)13-17(14-22(23)31(33)34)15-28-30-24(18-9-5-4-6-10-18)29-21-12-8-7-11-19(21)25(30)32/h7-8,11-15,18H,4-6,9-10,16H2,1-3H3. The van der Waals surface area contributed by atoms with Crippen molar-refractivity contribution in [3.8, 4) is 5.75 Å². The molecular weight excluding hydrogens is 468 g/mol. The van der Waals surface area contributed by atoms with Gasteiger partial charge in [0.1, 0.15) is 5.82 Å². The van der Waals surface area contributed by atoms with Gasteiger partial charge in [-0.15, -0.1) is 0 Å². The highest BCUT2D eigenvalue weighted by Crippen LogP contribution is 2.37. The topological polar surface area (TPSA) is 99.6 Å². The Morgan fingerprint density at radius 3 is 2.63 bits per heavy atom. The van der Waals surface area contributed by atoms with Crippen molar-refractivity contribution in [3.05, 3.63) is 73.3 Å². The van der Waals surface area contributed by atoms with Crippen LogP contribution in [0.3, 0.4) is 0 Å². The molecule has 4 rings (SSSR count). The van der Waals surface area contributed by atoms with Gasteiger partial charge in [0.05, 0.1) is 33.7 Å². The lowest BCUT2D eigenvalue weighted by molar-refractivity contribution is -0.385. The Morgan fingerprint density at radius 2 is 1.94 bits per heavy atom. The second-order valence-corrected chi connectivity index (χ2v) is 10.5. The second-order valence-electron chi connectivity index (χ2n) is 10.1. The first-order valence-electron chi connectivity index (χ1n) is 11.8. The Kier molecular flexibility index (Phi) is 7.21. The Labute approximate surface area is 208 Å². The number of hydrogen-bond acceptors (Lipinski definition) is 6. The summed E-state index contributed by atoms with van der Waals surface area (Å²) in [7, 11) is 0. The first kappa shape index (κ1) is 24.9. The first-order chi connectivity index (χ1) is 16.6. The molecule has 0 aliphatic heterocycles. The van der Waals surface area contributed by atoms with E-state index >= 15 is 0 Å². The molecule has 0 radical (unpaired) electrons. The number of nitro groups is 1. The molecule has 0 atom stereocenters. The number of fused-ring (bicyclic) bond motifs is 1. The fourth-order valence-corrected chi connectivity index (χ4v) is 4.52. The van der Waals surface area contributed by atoms with E-state index in [0.717, 1.165) is 25.7 Å². The van der Waals surface area contributed by atoms with E-state index in [1.54, 1.807) is 18.2 Å². The molecular formula is C26H29ClN4O4. The number of para-hydroxylation sites is 1. The van der Waals surface area contributed by atoms with Gasteiger partial charge in [0.15, 0.2) is 0 Å². The molecule has 0 amide bonds. The van der Waals surface area contributed by atoms with Crippen LogP contribution < -0.4 is 10.3 Å². The number of benzene rings is 2. The van der Waals surface area contributed by atoms with Crippen LogP contribution in [-0.4, -0.2) is 27.4 Å². The smallest absolute Gasteiger partial charge is 0.313 e. The van der Waals surface area contributed by atoms with Crippen LogP contribution in [0.5, 0.6) is 5.75 Å². The van der Waals surface area contributed by atoms with Crippen molar-refractivity contribution < 1.29 is 9.66 Å². The van der Waals surface area contributed by atoms with Gasteiger partial charge in [0.2, 0.25) is 5.75 Å². The van der Waals surface area contributed by atoms with Crippen molar-refractivity contribution in [2.24, 2.45) is 10.5 Å². The third kappa shape index (κ3) is 5.70. The summed E-state index contributed by atoms with van der Waals surface area (Å²) < 4.78 is 7.03. The van der Waals surface area contributed by atoms with Crippen molar-refractivity contribution in [3.63, 3.8) is 0 Å². The third-order valence-electron chi connectivity index (χ3n) is 5.96. The average molecular weight is 497 g/mol. The van der Waals surface area contributed by atoms with E-state index in [9.17, 15) is 14.9 Å². The lowest BCUT2D eigenvalue weighted by Gasteiger charge is -2.22. The summed E-state index contributed by atoms with van der Waals surface area (Å²) in [4.78, 5) is 29.3. The van der Waals surface area contributed by atoms with Crippen LogP contribution in [0.4, 0.5) is 5.69 Å². The largest absolute Gasteiger partial charge is 0.485 e. The lowest BCUT2D eigenvalue weighted by atomic mass is 9.88. The fourth-order valence-electron chi connectivity index (χ4n) is 4.24. The van der Waals surface area contributed by atoms with E-state index in [-0.39, 0.29) is 40.0 Å². The Balaban J connectivity index is 1.77. The molecule has 9 heteroatoms. The van der Waals surface area contributed by atoms with Crippen molar-refractivity contribution in [2.45, 2.75) is 58.8 Å². The zero-order chi connectivity index (χ0) is 25.2. The molecule has 2 aromatic carbocycles. The number of aromatic nitrogens is 2. The fraction of sp³-hybridized carbons (Fsp3) is 0.423. The van der Waals surface area contributed by atoms with E-state index in [1.165, 1.54) is 23.4 Å². The molecule has 0 bridgehead atoms. The van der Waals surface area contributed by atoms with Crippen molar-refractivity contribution in [1.29, 1.82) is 0 Å². The third-order valence-corrected chi connectivity index (χ3v) is 6.24. The van der Waals surface area contributed by atoms with Gasteiger partial charge < -0.3 is 4.74 Å². The number of hydrogen-bond donors (Lipinski definition) is 0. The molecule has 1 heterocycles. The maximum absolute atomic E-state index is 13.3. The minimum Gasteiger partial charge on any atom is -0.485 e. The summed E-state index contributed by atoms with van der Waals surface area (Å²) >= 11 is 6.38. The van der Waals surface area contributed by atoms with Crippen LogP contribution in [0, 0.1) is 15.5 Å². The molecule has 0 unspecified atom stereocenters. The number of nitrogens with zero attached hydrogens (tertiary/aromatic N) is 4. The highest BCUT2D eigenvalue weighted by molar-refractivity contribution is 6.32. The molecule has 1 aromatic heterocycles. The molecule has 0 saturated heterocycles. The quantitative estimate of drug-likeness (QED) is 0.226. The maximum Gasteiger partial charge on any atom is 0.313 e. The molecule has 184 valence electrons. The summed E-state index contributed by atoms with van der Waals surface area (Å²) in [6, 6.07) is 10.1. The maximum atomic E-state index is 13.3. The van der Waals surface area contributed by atoms with Crippen LogP contribution in [0.2, 0.25) is 5.02 Å². The van der Waals surface area contributed by atoms with Gasteiger partial charge in [-0.05, 0) is 36.5 Å². The predicted molar refractivity (Wildman–Crippen MR) is 138 cm³/mol. The van der Waals surface area contributed by atoms with Crippen LogP contribution in [0.25, 0.3) is 10.9 Å². The molecule has 3 aromatic rings. The minimum atomic E-state index is -0.529. The zero-order valence-corrected chi connectivity index (χ0v) is 20.9. The highest BCUT2D eigenvalue weighted by atomic mass is 35.5. The molecule has 1 saturated carbocycles. The summed E-state index contributed by atoms with van der Waals surface area (Å²) in [5.74, 6) is 0.774. The number of ether oxygens (including phenoxy) is 1. The average Bonchev–Trinajstić information content (AvgIpc) is 2.82. The molecule has 1 aliphatic carbocycles. The molecule has 1 aliphatic rings. The number of nitro benzene ring substituents is 1. The van der Waals surface area contributed by atoms with Crippen molar-refractivity contribution in [1.82, 2.24) is 9.66 Å². The van der Waals surface area contributed by atoms with E-state index in [0.29, 0.717) is 22.3 Å². The van der Waals surface area contributed by atoms with Gasteiger partial charge >= 0.3 is 5.69 Å². The number of halogens is 1. The normalized spacial score (nSPS) is 15.1. The SMILES string of the molecule is CC(C)(C)COc1c(Cl)cc(C=Nn2c(C3CCCCC3)nc3ccccc3c2=O)cc1[N+](=O)[O-]. The van der Waals surface area contributed by atoms with E-state index in [4.69, 9.17) is 21.3 Å². The summed E-state index contributed by atoms with van der Waals surface area (Å²) in [6.07, 6.45) is 6.62. The summed E-state index contributed by atoms with van der Waals surface area (Å²) in [5, 5.41) is 16.8. The highest BCUT2D eigenvalue weighted by Gasteiger charge is 2.24.